The molecule has 1 radical (unpaired) electrons. The van der Waals surface area contributed by atoms with Crippen molar-refractivity contribution in [3.63, 3.8) is 0 Å². The molecule has 159 valence electrons. The number of ether oxygens (including phenoxy) is 1. The highest BCUT2D eigenvalue weighted by Gasteiger charge is 2.51. The highest BCUT2D eigenvalue weighted by molar-refractivity contribution is 5.85. The predicted octanol–water partition coefficient (Wildman–Crippen LogP) is 5.07. The maximum atomic E-state index is 8.88. The first kappa shape index (κ1) is 20.2. The van der Waals surface area contributed by atoms with Crippen LogP contribution in [-0.4, -0.2) is 48.0 Å². The number of rotatable bonds is 3. The highest BCUT2D eigenvalue weighted by atomic mass is 16.5. The number of likely N-dealkylation sites (tertiary alicyclic amines) is 1. The van der Waals surface area contributed by atoms with Crippen molar-refractivity contribution in [2.24, 2.45) is 0 Å². The van der Waals surface area contributed by atoms with Crippen molar-refractivity contribution in [3.05, 3.63) is 65.6 Å². The molecule has 2 heterocycles. The van der Waals surface area contributed by atoms with Gasteiger partial charge >= 0.3 is 0 Å². The lowest BCUT2D eigenvalue weighted by Crippen LogP contribution is -2.41. The lowest BCUT2D eigenvalue weighted by Gasteiger charge is -2.34. The van der Waals surface area contributed by atoms with Crippen molar-refractivity contribution in [1.82, 2.24) is 4.90 Å². The van der Waals surface area contributed by atoms with Gasteiger partial charge < -0.3 is 9.84 Å². The first-order valence-electron chi connectivity index (χ1n) is 11.8. The van der Waals surface area contributed by atoms with Gasteiger partial charge in [-0.05, 0) is 54.0 Å². The van der Waals surface area contributed by atoms with Gasteiger partial charge in [0.2, 0.25) is 0 Å². The van der Waals surface area contributed by atoms with Crippen LogP contribution in [0.1, 0.15) is 50.5 Å². The van der Waals surface area contributed by atoms with Crippen molar-refractivity contribution in [1.29, 1.82) is 0 Å². The van der Waals surface area contributed by atoms with Gasteiger partial charge in [0.25, 0.3) is 0 Å². The molecule has 2 aliphatic carbocycles. The van der Waals surface area contributed by atoms with E-state index in [1.165, 1.54) is 74.4 Å². The van der Waals surface area contributed by atoms with Gasteiger partial charge in [-0.25, -0.2) is 0 Å². The minimum Gasteiger partial charge on any atom is -0.396 e. The summed E-state index contributed by atoms with van der Waals surface area (Å²) in [5.74, 6) is 0. The van der Waals surface area contributed by atoms with E-state index in [0.717, 1.165) is 19.1 Å². The maximum Gasteiger partial charge on any atom is 0.104 e. The minimum atomic E-state index is 0.130. The Morgan fingerprint density at radius 1 is 1.03 bits per heavy atom. The van der Waals surface area contributed by atoms with Crippen molar-refractivity contribution in [2.75, 3.05) is 26.3 Å². The number of hydrogen-bond donors (Lipinski definition) is 1. The van der Waals surface area contributed by atoms with E-state index in [-0.39, 0.29) is 12.2 Å². The van der Waals surface area contributed by atoms with Crippen LogP contribution in [0, 0.1) is 6.42 Å². The molecule has 1 saturated heterocycles. The van der Waals surface area contributed by atoms with Gasteiger partial charge in [-0.1, -0.05) is 67.3 Å². The van der Waals surface area contributed by atoms with Crippen molar-refractivity contribution < 1.29 is 9.84 Å². The molecule has 1 saturated carbocycles. The molecule has 1 atom stereocenters. The summed E-state index contributed by atoms with van der Waals surface area (Å²) in [5.41, 5.74) is 4.54. The van der Waals surface area contributed by atoms with Crippen LogP contribution in [0.15, 0.2) is 53.6 Å². The number of aliphatic hydroxyl groups excluding tert-OH is 1. The first-order valence-corrected chi connectivity index (χ1v) is 11.8. The van der Waals surface area contributed by atoms with Gasteiger partial charge in [0.15, 0.2) is 0 Å². The molecule has 2 aromatic carbocycles. The lowest BCUT2D eigenvalue weighted by molar-refractivity contribution is -0.0123. The molecule has 0 bridgehead atoms. The van der Waals surface area contributed by atoms with Crippen LogP contribution in [0.2, 0.25) is 0 Å². The fourth-order valence-electron chi connectivity index (χ4n) is 5.74. The van der Waals surface area contributed by atoms with Crippen LogP contribution < -0.4 is 0 Å². The van der Waals surface area contributed by atoms with Crippen molar-refractivity contribution in [3.8, 4) is 0 Å². The van der Waals surface area contributed by atoms with Gasteiger partial charge in [-0.15, -0.1) is 0 Å². The lowest BCUT2D eigenvalue weighted by atomic mass is 9.94. The zero-order valence-corrected chi connectivity index (χ0v) is 18.0. The van der Waals surface area contributed by atoms with Gasteiger partial charge in [-0.3, -0.25) is 4.90 Å². The zero-order valence-electron chi connectivity index (χ0n) is 18.0. The second-order valence-electron chi connectivity index (χ2n) is 9.30. The summed E-state index contributed by atoms with van der Waals surface area (Å²) >= 11 is 0. The molecule has 1 N–H and O–H groups in total. The summed E-state index contributed by atoms with van der Waals surface area (Å²) in [7, 11) is 0. The average molecular weight is 405 g/mol. The number of aliphatic hydroxyl groups is 1. The Morgan fingerprint density at radius 3 is 2.73 bits per heavy atom. The molecular formula is C27H34NO2. The average Bonchev–Trinajstić information content (AvgIpc) is 3.49. The Bertz CT molecular complexity index is 909. The second-order valence-corrected chi connectivity index (χ2v) is 9.30. The largest absolute Gasteiger partial charge is 0.396 e. The fourth-order valence-corrected chi connectivity index (χ4v) is 5.74. The Balaban J connectivity index is 0.000000134. The maximum absolute atomic E-state index is 8.88. The molecule has 3 heteroatoms. The van der Waals surface area contributed by atoms with Crippen LogP contribution in [-0.2, 0) is 11.2 Å². The van der Waals surface area contributed by atoms with Crippen LogP contribution >= 0.6 is 0 Å². The molecule has 1 unspecified atom stereocenters. The zero-order chi connectivity index (χ0) is 20.4. The highest BCUT2D eigenvalue weighted by Crippen LogP contribution is 2.50. The summed E-state index contributed by atoms with van der Waals surface area (Å²) in [4.78, 5) is 2.72. The van der Waals surface area contributed by atoms with E-state index < -0.39 is 0 Å². The standard InChI is InChI=1S/C15H22NO.C12H12O/c1-2-4-13(5-3-1)16-8-7-15(11-16)14-10-12(14)6-9-17-15;13-9-8-11-6-3-5-10-4-1-2-7-12(10)11/h10,13H,1-9,11H2;1-7,13H,8-9H2. The molecular weight excluding hydrogens is 370 g/mol. The molecule has 1 spiro atoms. The quantitative estimate of drug-likeness (QED) is 0.775. The van der Waals surface area contributed by atoms with Gasteiger partial charge in [0, 0.05) is 32.2 Å². The molecule has 3 nitrogen and oxygen atoms in total. The third-order valence-electron chi connectivity index (χ3n) is 7.44. The smallest absolute Gasteiger partial charge is 0.104 e. The number of benzene rings is 2. The number of fused-ring (bicyclic) bond motifs is 2. The van der Waals surface area contributed by atoms with Crippen LogP contribution in [0.3, 0.4) is 0 Å². The summed E-state index contributed by atoms with van der Waals surface area (Å²) in [6.07, 6.45) is 12.7. The van der Waals surface area contributed by atoms with Crippen LogP contribution in [0.5, 0.6) is 0 Å². The van der Waals surface area contributed by atoms with E-state index in [1.807, 2.05) is 18.2 Å². The predicted molar refractivity (Wildman–Crippen MR) is 122 cm³/mol. The third-order valence-corrected chi connectivity index (χ3v) is 7.44. The van der Waals surface area contributed by atoms with Gasteiger partial charge in [-0.2, -0.15) is 0 Å². The third kappa shape index (κ3) is 4.08. The molecule has 30 heavy (non-hydrogen) atoms. The van der Waals surface area contributed by atoms with Crippen LogP contribution in [0.4, 0.5) is 0 Å². The van der Waals surface area contributed by atoms with E-state index in [9.17, 15) is 0 Å². The van der Waals surface area contributed by atoms with E-state index >= 15 is 0 Å². The molecule has 4 aliphatic rings. The van der Waals surface area contributed by atoms with E-state index in [2.05, 4.69) is 35.6 Å². The Kier molecular flexibility index (Phi) is 5.95. The molecule has 2 aliphatic heterocycles. The second kappa shape index (κ2) is 8.82. The Morgan fingerprint density at radius 2 is 1.87 bits per heavy atom. The minimum absolute atomic E-state index is 0.130. The summed E-state index contributed by atoms with van der Waals surface area (Å²) in [6, 6.07) is 15.3. The first-order chi connectivity index (χ1) is 14.8. The van der Waals surface area contributed by atoms with E-state index in [4.69, 9.17) is 9.84 Å². The molecule has 0 amide bonds. The van der Waals surface area contributed by atoms with Crippen LogP contribution in [0.25, 0.3) is 10.8 Å². The molecule has 2 aromatic rings. The summed E-state index contributed by atoms with van der Waals surface area (Å²) in [6.45, 7) is 3.60. The van der Waals surface area contributed by atoms with E-state index in [0.29, 0.717) is 0 Å². The van der Waals surface area contributed by atoms with Gasteiger partial charge in [0.1, 0.15) is 5.60 Å². The summed E-state index contributed by atoms with van der Waals surface area (Å²) < 4.78 is 6.17. The Labute approximate surface area is 180 Å². The normalized spacial score (nSPS) is 26.6. The van der Waals surface area contributed by atoms with Gasteiger partial charge in [0.05, 0.1) is 6.61 Å². The van der Waals surface area contributed by atoms with Crippen molar-refractivity contribution in [2.45, 2.75) is 63.0 Å². The monoisotopic (exact) mass is 404 g/mol. The molecule has 0 aromatic heterocycles. The van der Waals surface area contributed by atoms with E-state index in [1.54, 1.807) is 11.1 Å². The SMILES string of the molecule is OCCc1cccc2ccccc12.[CH]1C2=C1C1(CCN(C3CCCCC3)C1)OCC2. The number of hydrogen-bond acceptors (Lipinski definition) is 3. The topological polar surface area (TPSA) is 32.7 Å². The van der Waals surface area contributed by atoms with Crippen molar-refractivity contribution >= 4 is 10.8 Å². The number of nitrogens with zero attached hydrogens (tertiary/aromatic N) is 1. The Hall–Kier alpha value is -1.68. The molecule has 2 fully saturated rings. The molecule has 6 rings (SSSR count). The summed E-state index contributed by atoms with van der Waals surface area (Å²) in [5, 5.41) is 11.4. The fraction of sp³-hybridized carbons (Fsp3) is 0.519.